The highest BCUT2D eigenvalue weighted by Crippen LogP contribution is 2.13. The summed E-state index contributed by atoms with van der Waals surface area (Å²) in [5.41, 5.74) is 1.03. The van der Waals surface area contributed by atoms with Crippen molar-refractivity contribution >= 4 is 5.69 Å². The molecule has 0 radical (unpaired) electrons. The zero-order valence-corrected chi connectivity index (χ0v) is 13.1. The van der Waals surface area contributed by atoms with Gasteiger partial charge >= 0.3 is 5.69 Å². The number of likely N-dealkylation sites (N-methyl/N-ethyl adjacent to an activating group) is 1. The molecule has 0 aliphatic rings. The molecule has 23 heavy (non-hydrogen) atoms. The van der Waals surface area contributed by atoms with Crippen LogP contribution in [0.15, 0.2) is 36.7 Å². The summed E-state index contributed by atoms with van der Waals surface area (Å²) in [5, 5.41) is 24.6. The van der Waals surface area contributed by atoms with E-state index in [1.807, 2.05) is 36.2 Å². The Morgan fingerprint density at radius 3 is 2.70 bits per heavy atom. The molecule has 1 unspecified atom stereocenters. The van der Waals surface area contributed by atoms with Crippen LogP contribution in [0.3, 0.4) is 0 Å². The molecule has 2 rings (SSSR count). The minimum atomic E-state index is -0.669. The molecule has 0 bridgehead atoms. The number of aliphatic hydroxyl groups is 1. The number of rotatable bonds is 8. The summed E-state index contributed by atoms with van der Waals surface area (Å²) in [6, 6.07) is 7.72. The highest BCUT2D eigenvalue weighted by atomic mass is 16.6. The third kappa shape index (κ3) is 5.04. The Kier molecular flexibility index (Phi) is 5.67. The maximum Gasteiger partial charge on any atom is 0.306 e. The number of benzene rings is 1. The lowest BCUT2D eigenvalue weighted by molar-refractivity contribution is -0.385. The van der Waals surface area contributed by atoms with Gasteiger partial charge in [-0.1, -0.05) is 12.1 Å². The molecular formula is C15H20N4O4. The summed E-state index contributed by atoms with van der Waals surface area (Å²) < 4.78 is 6.49. The van der Waals surface area contributed by atoms with Gasteiger partial charge in [-0.2, -0.15) is 5.10 Å². The Morgan fingerprint density at radius 2 is 2.13 bits per heavy atom. The number of hydrogen-bond acceptors (Lipinski definition) is 6. The first-order valence-electron chi connectivity index (χ1n) is 7.14. The van der Waals surface area contributed by atoms with Crippen molar-refractivity contribution in [2.45, 2.75) is 19.2 Å². The van der Waals surface area contributed by atoms with E-state index in [2.05, 4.69) is 5.10 Å². The van der Waals surface area contributed by atoms with Gasteiger partial charge in [-0.25, -0.2) is 0 Å². The zero-order chi connectivity index (χ0) is 16.8. The van der Waals surface area contributed by atoms with Crippen LogP contribution < -0.4 is 4.74 Å². The maximum atomic E-state index is 10.6. The van der Waals surface area contributed by atoms with E-state index in [4.69, 9.17) is 4.74 Å². The second-order valence-electron chi connectivity index (χ2n) is 5.38. The molecule has 1 atom stereocenters. The fraction of sp³-hybridized carbons (Fsp3) is 0.400. The minimum absolute atomic E-state index is 0.0798. The average molecular weight is 320 g/mol. The van der Waals surface area contributed by atoms with Crippen LogP contribution in [-0.2, 0) is 13.1 Å². The summed E-state index contributed by atoms with van der Waals surface area (Å²) in [5.74, 6) is 0.803. The maximum absolute atomic E-state index is 10.6. The lowest BCUT2D eigenvalue weighted by Gasteiger charge is -2.20. The number of methoxy groups -OCH3 is 1. The number of ether oxygens (including phenoxy) is 1. The molecule has 1 heterocycles. The molecule has 0 aliphatic carbocycles. The molecule has 0 fully saturated rings. The number of hydrogen-bond donors (Lipinski definition) is 1. The van der Waals surface area contributed by atoms with E-state index in [1.54, 1.807) is 7.11 Å². The van der Waals surface area contributed by atoms with Crippen LogP contribution in [0.25, 0.3) is 0 Å². The van der Waals surface area contributed by atoms with Crippen LogP contribution in [0.5, 0.6) is 5.75 Å². The molecule has 0 aliphatic heterocycles. The topological polar surface area (TPSA) is 93.7 Å². The average Bonchev–Trinajstić information content (AvgIpc) is 2.96. The summed E-state index contributed by atoms with van der Waals surface area (Å²) >= 11 is 0. The molecule has 8 heteroatoms. The number of nitro groups is 1. The largest absolute Gasteiger partial charge is 0.497 e. The van der Waals surface area contributed by atoms with Gasteiger partial charge in [0.1, 0.15) is 18.1 Å². The smallest absolute Gasteiger partial charge is 0.306 e. The van der Waals surface area contributed by atoms with Crippen LogP contribution in [0.1, 0.15) is 5.56 Å². The molecular weight excluding hydrogens is 300 g/mol. The number of aliphatic hydroxyl groups excluding tert-OH is 1. The first-order chi connectivity index (χ1) is 11.0. The van der Waals surface area contributed by atoms with Gasteiger partial charge in [0, 0.05) is 13.1 Å². The van der Waals surface area contributed by atoms with Gasteiger partial charge in [-0.15, -0.1) is 0 Å². The first kappa shape index (κ1) is 16.9. The van der Waals surface area contributed by atoms with Crippen LogP contribution in [0.4, 0.5) is 5.69 Å². The normalized spacial score (nSPS) is 12.3. The number of aromatic nitrogens is 2. The molecule has 8 nitrogen and oxygen atoms in total. The quantitative estimate of drug-likeness (QED) is 0.582. The molecule has 0 saturated carbocycles. The highest BCUT2D eigenvalue weighted by molar-refractivity contribution is 5.27. The van der Waals surface area contributed by atoms with E-state index in [-0.39, 0.29) is 12.2 Å². The van der Waals surface area contributed by atoms with Crippen molar-refractivity contribution in [2.75, 3.05) is 20.7 Å². The second-order valence-corrected chi connectivity index (χ2v) is 5.38. The van der Waals surface area contributed by atoms with Crippen LogP contribution in [-0.4, -0.2) is 51.5 Å². The Labute approximate surface area is 134 Å². The molecule has 0 spiro atoms. The van der Waals surface area contributed by atoms with Crippen molar-refractivity contribution in [2.24, 2.45) is 0 Å². The van der Waals surface area contributed by atoms with E-state index < -0.39 is 11.0 Å². The predicted octanol–water partition coefficient (Wildman–Crippen LogP) is 1.29. The van der Waals surface area contributed by atoms with Gasteiger partial charge in [-0.3, -0.25) is 19.7 Å². The molecule has 0 amide bonds. The Balaban J connectivity index is 1.83. The summed E-state index contributed by atoms with van der Waals surface area (Å²) in [6.45, 7) is 1.32. The predicted molar refractivity (Wildman–Crippen MR) is 84.2 cm³/mol. The highest BCUT2D eigenvalue weighted by Gasteiger charge is 2.13. The van der Waals surface area contributed by atoms with E-state index in [0.717, 1.165) is 11.3 Å². The Bertz CT molecular complexity index is 641. The van der Waals surface area contributed by atoms with Crippen LogP contribution >= 0.6 is 0 Å². The Hall–Kier alpha value is -2.45. The molecule has 1 aromatic carbocycles. The van der Waals surface area contributed by atoms with Crippen molar-refractivity contribution in [3.63, 3.8) is 0 Å². The van der Waals surface area contributed by atoms with Gasteiger partial charge in [-0.05, 0) is 24.7 Å². The summed E-state index contributed by atoms with van der Waals surface area (Å²) in [6.07, 6.45) is 1.82. The van der Waals surface area contributed by atoms with Crippen molar-refractivity contribution in [1.82, 2.24) is 14.7 Å². The van der Waals surface area contributed by atoms with E-state index in [0.29, 0.717) is 13.1 Å². The van der Waals surface area contributed by atoms with Crippen LogP contribution in [0.2, 0.25) is 0 Å². The third-order valence-corrected chi connectivity index (χ3v) is 3.36. The van der Waals surface area contributed by atoms with Crippen molar-refractivity contribution < 1.29 is 14.8 Å². The fourth-order valence-corrected chi connectivity index (χ4v) is 2.29. The second kappa shape index (κ2) is 7.70. The van der Waals surface area contributed by atoms with Crippen molar-refractivity contribution in [1.29, 1.82) is 0 Å². The summed E-state index contributed by atoms with van der Waals surface area (Å²) in [7, 11) is 3.52. The summed E-state index contributed by atoms with van der Waals surface area (Å²) in [4.78, 5) is 12.1. The lowest BCUT2D eigenvalue weighted by Crippen LogP contribution is -2.31. The van der Waals surface area contributed by atoms with Gasteiger partial charge in [0.25, 0.3) is 0 Å². The van der Waals surface area contributed by atoms with E-state index in [1.165, 1.54) is 17.1 Å². The van der Waals surface area contributed by atoms with E-state index in [9.17, 15) is 15.2 Å². The molecule has 2 aromatic rings. The van der Waals surface area contributed by atoms with Crippen molar-refractivity contribution in [3.05, 3.63) is 52.3 Å². The van der Waals surface area contributed by atoms with Crippen molar-refractivity contribution in [3.8, 4) is 5.75 Å². The van der Waals surface area contributed by atoms with Gasteiger partial charge < -0.3 is 9.84 Å². The molecule has 124 valence electrons. The lowest BCUT2D eigenvalue weighted by atomic mass is 10.2. The SMILES string of the molecule is COc1ccc(CN(C)CC(O)Cn2cc([N+](=O)[O-])cn2)cc1. The Morgan fingerprint density at radius 1 is 1.43 bits per heavy atom. The molecule has 0 saturated heterocycles. The van der Waals surface area contributed by atoms with Gasteiger partial charge in [0.15, 0.2) is 0 Å². The molecule has 1 aromatic heterocycles. The van der Waals surface area contributed by atoms with E-state index >= 15 is 0 Å². The van der Waals surface area contributed by atoms with Gasteiger partial charge in [0.2, 0.25) is 0 Å². The number of nitrogens with zero attached hydrogens (tertiary/aromatic N) is 4. The zero-order valence-electron chi connectivity index (χ0n) is 13.1. The first-order valence-corrected chi connectivity index (χ1v) is 7.14. The third-order valence-electron chi connectivity index (χ3n) is 3.36. The molecule has 1 N–H and O–H groups in total. The van der Waals surface area contributed by atoms with Gasteiger partial charge in [0.05, 0.1) is 24.7 Å². The monoisotopic (exact) mass is 320 g/mol. The minimum Gasteiger partial charge on any atom is -0.497 e. The standard InChI is InChI=1S/C15H20N4O4/c1-17(8-12-3-5-15(23-2)6-4-12)10-14(20)11-18-9-13(7-16-18)19(21)22/h3-7,9,14,20H,8,10-11H2,1-2H3. The van der Waals surface area contributed by atoms with Crippen LogP contribution in [0, 0.1) is 10.1 Å². The fourth-order valence-electron chi connectivity index (χ4n) is 2.29.